The minimum atomic E-state index is -1.06. The van der Waals surface area contributed by atoms with Gasteiger partial charge in [-0.3, -0.25) is 9.59 Å². The summed E-state index contributed by atoms with van der Waals surface area (Å²) in [5, 5.41) is 11.8. The molecule has 1 heterocycles. The van der Waals surface area contributed by atoms with Gasteiger partial charge in [-0.05, 0) is 18.6 Å². The van der Waals surface area contributed by atoms with Crippen molar-refractivity contribution in [3.63, 3.8) is 0 Å². The Morgan fingerprint density at radius 3 is 2.67 bits per heavy atom. The Balaban J connectivity index is 2.10. The van der Waals surface area contributed by atoms with Crippen molar-refractivity contribution in [1.82, 2.24) is 5.32 Å². The van der Waals surface area contributed by atoms with Gasteiger partial charge >= 0.3 is 5.97 Å². The monoisotopic (exact) mass is 378 g/mol. The second-order valence-electron chi connectivity index (χ2n) is 6.48. The summed E-state index contributed by atoms with van der Waals surface area (Å²) in [6.07, 6.45) is 1.94. The summed E-state index contributed by atoms with van der Waals surface area (Å²) in [5.41, 5.74) is 0.555. The largest absolute Gasteiger partial charge is 0.497 e. The molecule has 148 valence electrons. The Hall–Kier alpha value is -2.77. The summed E-state index contributed by atoms with van der Waals surface area (Å²) in [6, 6.07) is 4.15. The van der Waals surface area contributed by atoms with E-state index in [4.69, 9.17) is 9.47 Å². The molecule has 0 spiro atoms. The third-order valence-electron chi connectivity index (χ3n) is 4.63. The average molecular weight is 378 g/mol. The fraction of sp³-hybridized carbons (Fsp3) is 0.526. The first kappa shape index (κ1) is 20.5. The van der Waals surface area contributed by atoms with Gasteiger partial charge in [0.2, 0.25) is 11.8 Å². The molecule has 1 fully saturated rings. The molecule has 0 aromatic heterocycles. The molecule has 0 radical (unpaired) electrons. The number of carbonyl (C=O) groups is 3. The fourth-order valence-corrected chi connectivity index (χ4v) is 3.08. The van der Waals surface area contributed by atoms with Gasteiger partial charge in [0.15, 0.2) is 0 Å². The molecule has 1 unspecified atom stereocenters. The SMILES string of the molecule is CCCC[C@H](NC(=O)C1CC(=O)N(c2ccc(OC)cc2OC)C1)C(=O)O. The highest BCUT2D eigenvalue weighted by Gasteiger charge is 2.37. The number of unbranched alkanes of at least 4 members (excludes halogenated alkanes) is 1. The molecule has 0 bridgehead atoms. The van der Waals surface area contributed by atoms with E-state index in [9.17, 15) is 19.5 Å². The highest BCUT2D eigenvalue weighted by atomic mass is 16.5. The number of nitrogens with zero attached hydrogens (tertiary/aromatic N) is 1. The number of hydrogen-bond donors (Lipinski definition) is 2. The number of rotatable bonds is 9. The summed E-state index contributed by atoms with van der Waals surface area (Å²) in [4.78, 5) is 37.8. The predicted molar refractivity (Wildman–Crippen MR) is 99.1 cm³/mol. The maximum Gasteiger partial charge on any atom is 0.326 e. The summed E-state index contributed by atoms with van der Waals surface area (Å²) in [7, 11) is 3.03. The van der Waals surface area contributed by atoms with Crippen LogP contribution in [0.4, 0.5) is 5.69 Å². The Bertz CT molecular complexity index is 705. The van der Waals surface area contributed by atoms with Crippen LogP contribution < -0.4 is 19.7 Å². The van der Waals surface area contributed by atoms with E-state index in [1.54, 1.807) is 18.2 Å². The number of carboxylic acids is 1. The number of aliphatic carboxylic acids is 1. The Morgan fingerprint density at radius 2 is 2.07 bits per heavy atom. The Morgan fingerprint density at radius 1 is 1.33 bits per heavy atom. The highest BCUT2D eigenvalue weighted by Crippen LogP contribution is 2.35. The van der Waals surface area contributed by atoms with Gasteiger partial charge < -0.3 is 24.8 Å². The molecule has 1 aliphatic rings. The highest BCUT2D eigenvalue weighted by molar-refractivity contribution is 6.01. The van der Waals surface area contributed by atoms with Crippen LogP contribution >= 0.6 is 0 Å². The second kappa shape index (κ2) is 9.25. The zero-order valence-corrected chi connectivity index (χ0v) is 15.9. The van der Waals surface area contributed by atoms with Crippen LogP contribution in [0.1, 0.15) is 32.6 Å². The second-order valence-corrected chi connectivity index (χ2v) is 6.48. The van der Waals surface area contributed by atoms with Gasteiger partial charge in [0.05, 0.1) is 25.8 Å². The normalized spacial score (nSPS) is 17.5. The van der Waals surface area contributed by atoms with Crippen molar-refractivity contribution in [1.29, 1.82) is 0 Å². The maximum absolute atomic E-state index is 12.5. The number of carboxylic acid groups (broad SMARTS) is 1. The third kappa shape index (κ3) is 4.90. The van der Waals surface area contributed by atoms with Crippen molar-refractivity contribution in [3.05, 3.63) is 18.2 Å². The van der Waals surface area contributed by atoms with Crippen LogP contribution in [0.2, 0.25) is 0 Å². The van der Waals surface area contributed by atoms with Crippen LogP contribution in [0, 0.1) is 5.92 Å². The Labute approximate surface area is 158 Å². The van der Waals surface area contributed by atoms with Crippen LogP contribution in [0.5, 0.6) is 11.5 Å². The number of amides is 2. The van der Waals surface area contributed by atoms with E-state index in [1.807, 2.05) is 6.92 Å². The molecule has 8 heteroatoms. The van der Waals surface area contributed by atoms with Gasteiger partial charge in [0, 0.05) is 19.0 Å². The molecule has 1 aliphatic heterocycles. The molecular weight excluding hydrogens is 352 g/mol. The molecule has 1 aromatic carbocycles. The van der Waals surface area contributed by atoms with Gasteiger partial charge in [0.1, 0.15) is 17.5 Å². The van der Waals surface area contributed by atoms with E-state index in [1.165, 1.54) is 19.1 Å². The lowest BCUT2D eigenvalue weighted by Crippen LogP contribution is -2.44. The third-order valence-corrected chi connectivity index (χ3v) is 4.63. The lowest BCUT2D eigenvalue weighted by Gasteiger charge is -2.21. The van der Waals surface area contributed by atoms with E-state index in [0.29, 0.717) is 30.0 Å². The van der Waals surface area contributed by atoms with E-state index in [2.05, 4.69) is 5.32 Å². The zero-order valence-electron chi connectivity index (χ0n) is 15.9. The van der Waals surface area contributed by atoms with Crippen LogP contribution in [0.3, 0.4) is 0 Å². The molecule has 2 atom stereocenters. The quantitative estimate of drug-likeness (QED) is 0.679. The lowest BCUT2D eigenvalue weighted by atomic mass is 10.1. The fourth-order valence-electron chi connectivity index (χ4n) is 3.08. The average Bonchev–Trinajstić information content (AvgIpc) is 3.05. The van der Waals surface area contributed by atoms with E-state index in [-0.39, 0.29) is 18.9 Å². The lowest BCUT2D eigenvalue weighted by molar-refractivity contribution is -0.142. The van der Waals surface area contributed by atoms with Gasteiger partial charge in [-0.2, -0.15) is 0 Å². The molecule has 1 saturated heterocycles. The number of methoxy groups -OCH3 is 2. The molecule has 0 saturated carbocycles. The topological polar surface area (TPSA) is 105 Å². The van der Waals surface area contributed by atoms with E-state index < -0.39 is 23.8 Å². The van der Waals surface area contributed by atoms with E-state index in [0.717, 1.165) is 6.42 Å². The molecule has 8 nitrogen and oxygen atoms in total. The van der Waals surface area contributed by atoms with Gasteiger partial charge in [-0.1, -0.05) is 19.8 Å². The molecule has 2 N–H and O–H groups in total. The van der Waals surface area contributed by atoms with Crippen molar-refractivity contribution < 1.29 is 29.0 Å². The first-order valence-electron chi connectivity index (χ1n) is 8.96. The summed E-state index contributed by atoms with van der Waals surface area (Å²) in [6.45, 7) is 2.13. The zero-order chi connectivity index (χ0) is 20.0. The van der Waals surface area contributed by atoms with E-state index >= 15 is 0 Å². The molecule has 2 rings (SSSR count). The van der Waals surface area contributed by atoms with Crippen LogP contribution in [-0.2, 0) is 14.4 Å². The van der Waals surface area contributed by atoms with Crippen molar-refractivity contribution in [2.45, 2.75) is 38.6 Å². The number of benzene rings is 1. The van der Waals surface area contributed by atoms with Crippen LogP contribution in [-0.4, -0.2) is 49.7 Å². The van der Waals surface area contributed by atoms with Gasteiger partial charge in [-0.15, -0.1) is 0 Å². The number of anilines is 1. The molecule has 27 heavy (non-hydrogen) atoms. The first-order valence-corrected chi connectivity index (χ1v) is 8.96. The van der Waals surface area contributed by atoms with Crippen molar-refractivity contribution in [2.75, 3.05) is 25.7 Å². The summed E-state index contributed by atoms with van der Waals surface area (Å²) in [5.74, 6) is -1.23. The van der Waals surface area contributed by atoms with Gasteiger partial charge in [0.25, 0.3) is 0 Å². The molecule has 2 amide bonds. The number of carbonyl (C=O) groups excluding carboxylic acids is 2. The van der Waals surface area contributed by atoms with Gasteiger partial charge in [-0.25, -0.2) is 4.79 Å². The standard InChI is InChI=1S/C19H26N2O6/c1-4-5-6-14(19(24)25)20-18(23)12-9-17(22)21(11-12)15-8-7-13(26-2)10-16(15)27-3/h7-8,10,12,14H,4-6,9,11H2,1-3H3,(H,20,23)(H,24,25)/t12?,14-/m0/s1. The predicted octanol–water partition coefficient (Wildman–Crippen LogP) is 1.82. The number of hydrogen-bond acceptors (Lipinski definition) is 5. The smallest absolute Gasteiger partial charge is 0.326 e. The summed E-state index contributed by atoms with van der Waals surface area (Å²) >= 11 is 0. The summed E-state index contributed by atoms with van der Waals surface area (Å²) < 4.78 is 10.5. The maximum atomic E-state index is 12.5. The first-order chi connectivity index (χ1) is 12.9. The van der Waals surface area contributed by atoms with Crippen molar-refractivity contribution in [2.24, 2.45) is 5.92 Å². The molecular formula is C19H26N2O6. The van der Waals surface area contributed by atoms with Crippen LogP contribution in [0.15, 0.2) is 18.2 Å². The number of ether oxygens (including phenoxy) is 2. The van der Waals surface area contributed by atoms with Crippen molar-refractivity contribution in [3.8, 4) is 11.5 Å². The molecule has 1 aromatic rings. The minimum absolute atomic E-state index is 0.0289. The van der Waals surface area contributed by atoms with Crippen LogP contribution in [0.25, 0.3) is 0 Å². The molecule has 0 aliphatic carbocycles. The minimum Gasteiger partial charge on any atom is -0.497 e. The Kier molecular flexibility index (Phi) is 7.04. The number of nitrogens with one attached hydrogen (secondary N) is 1. The van der Waals surface area contributed by atoms with Crippen molar-refractivity contribution >= 4 is 23.5 Å².